The Balaban J connectivity index is 3.09. The molecular weight excluding hydrogens is 370 g/mol. The topological polar surface area (TPSA) is 50.4 Å². The number of amides is 1. The van der Waals surface area contributed by atoms with E-state index in [9.17, 15) is 13.6 Å². The van der Waals surface area contributed by atoms with Gasteiger partial charge in [-0.15, -0.1) is 0 Å². The van der Waals surface area contributed by atoms with Gasteiger partial charge in [0.25, 0.3) is 0 Å². The molecule has 0 aliphatic rings. The van der Waals surface area contributed by atoms with E-state index in [0.717, 1.165) is 0 Å². The van der Waals surface area contributed by atoms with Gasteiger partial charge in [0.05, 0.1) is 15.7 Å². The van der Waals surface area contributed by atoms with Gasteiger partial charge in [0.2, 0.25) is 5.91 Å². The fourth-order valence-corrected chi connectivity index (χ4v) is 2.57. The van der Waals surface area contributed by atoms with Crippen LogP contribution in [0.1, 0.15) is 20.8 Å². The summed E-state index contributed by atoms with van der Waals surface area (Å²) in [5.41, 5.74) is -0.795. The maximum atomic E-state index is 12.5. The fourth-order valence-electron chi connectivity index (χ4n) is 1.66. The van der Waals surface area contributed by atoms with E-state index in [2.05, 4.69) is 31.3 Å². The molecule has 0 saturated heterocycles. The van der Waals surface area contributed by atoms with E-state index < -0.39 is 18.1 Å². The molecule has 0 unspecified atom stereocenters. The third kappa shape index (κ3) is 5.09. The number of halogens is 4. The van der Waals surface area contributed by atoms with Crippen LogP contribution in [0.15, 0.2) is 16.6 Å². The second-order valence-corrected chi connectivity index (χ2v) is 6.04. The first-order valence-corrected chi connectivity index (χ1v) is 7.34. The van der Waals surface area contributed by atoms with Gasteiger partial charge >= 0.3 is 6.61 Å². The second-order valence-electron chi connectivity index (χ2n) is 4.75. The number of benzene rings is 1. The monoisotopic (exact) mass is 384 g/mol. The minimum absolute atomic E-state index is 0.0747. The quantitative estimate of drug-likeness (QED) is 0.777. The highest BCUT2D eigenvalue weighted by atomic mass is 79.9. The smallest absolute Gasteiger partial charge is 0.387 e. The number of hydrogen-bond acceptors (Lipinski definition) is 3. The normalized spacial score (nSPS) is 11.6. The zero-order chi connectivity index (χ0) is 16.2. The zero-order valence-electron chi connectivity index (χ0n) is 11.8. The van der Waals surface area contributed by atoms with Crippen LogP contribution in [0, 0.1) is 0 Å². The van der Waals surface area contributed by atoms with Crippen LogP contribution in [-0.4, -0.2) is 24.6 Å². The molecule has 0 aliphatic carbocycles. The molecule has 4 nitrogen and oxygen atoms in total. The van der Waals surface area contributed by atoms with Gasteiger partial charge in [-0.25, -0.2) is 0 Å². The van der Waals surface area contributed by atoms with Gasteiger partial charge < -0.3 is 15.4 Å². The first-order valence-electron chi connectivity index (χ1n) is 6.17. The van der Waals surface area contributed by atoms with Crippen molar-refractivity contribution in [3.63, 3.8) is 0 Å². The first-order chi connectivity index (χ1) is 9.67. The fraction of sp³-hybridized carbons (Fsp3) is 0.462. The Morgan fingerprint density at radius 3 is 2.62 bits per heavy atom. The molecule has 0 aromatic heterocycles. The summed E-state index contributed by atoms with van der Waals surface area (Å²) in [5, 5.41) is 5.81. The highest BCUT2D eigenvalue weighted by Gasteiger charge is 2.28. The summed E-state index contributed by atoms with van der Waals surface area (Å²) in [7, 11) is 0. The predicted molar refractivity (Wildman–Crippen MR) is 82.2 cm³/mol. The van der Waals surface area contributed by atoms with E-state index in [1.165, 1.54) is 12.1 Å². The molecule has 0 aliphatic heterocycles. The Morgan fingerprint density at radius 1 is 1.48 bits per heavy atom. The molecule has 0 heterocycles. The van der Waals surface area contributed by atoms with Crippen LogP contribution in [0.5, 0.6) is 5.75 Å². The predicted octanol–water partition coefficient (Wildman–Crippen LogP) is 4.03. The Kier molecular flexibility index (Phi) is 6.37. The first kappa shape index (κ1) is 18.1. The lowest BCUT2D eigenvalue weighted by Crippen LogP contribution is -2.49. The molecule has 2 N–H and O–H groups in total. The Morgan fingerprint density at radius 2 is 2.10 bits per heavy atom. The molecule has 8 heteroatoms. The average molecular weight is 386 g/mol. The van der Waals surface area contributed by atoms with Gasteiger partial charge in [0.1, 0.15) is 0 Å². The molecule has 0 bridgehead atoms. The maximum absolute atomic E-state index is 12.5. The third-order valence-electron chi connectivity index (χ3n) is 2.65. The van der Waals surface area contributed by atoms with Crippen LogP contribution in [0.25, 0.3) is 0 Å². The molecule has 118 valence electrons. The molecule has 1 aromatic carbocycles. The van der Waals surface area contributed by atoms with Crippen LogP contribution < -0.4 is 15.4 Å². The molecule has 0 spiro atoms. The standard InChI is InChI=1S/C13H16BrClF2N2O2/c1-4-18-13(2,3)11(20)19-9-6-7(15)5-8(14)10(9)21-12(16)17/h5-6,12,18H,4H2,1-3H3,(H,19,20). The lowest BCUT2D eigenvalue weighted by Gasteiger charge is -2.25. The molecular formula is C13H16BrClF2N2O2. The summed E-state index contributed by atoms with van der Waals surface area (Å²) in [6.07, 6.45) is 0. The van der Waals surface area contributed by atoms with Crippen LogP contribution in [0.2, 0.25) is 5.02 Å². The van der Waals surface area contributed by atoms with Crippen molar-refractivity contribution in [2.45, 2.75) is 32.9 Å². The van der Waals surface area contributed by atoms with Gasteiger partial charge in [-0.05, 0) is 48.5 Å². The van der Waals surface area contributed by atoms with Crippen molar-refractivity contribution < 1.29 is 18.3 Å². The van der Waals surface area contributed by atoms with Crippen LogP contribution in [-0.2, 0) is 4.79 Å². The summed E-state index contributed by atoms with van der Waals surface area (Å²) in [5.74, 6) is -0.562. The summed E-state index contributed by atoms with van der Waals surface area (Å²) in [6, 6.07) is 2.76. The third-order valence-corrected chi connectivity index (χ3v) is 3.46. The second kappa shape index (κ2) is 7.38. The molecule has 1 aromatic rings. The van der Waals surface area contributed by atoms with Crippen molar-refractivity contribution in [1.29, 1.82) is 0 Å². The molecule has 0 atom stereocenters. The van der Waals surface area contributed by atoms with Crippen molar-refractivity contribution in [2.75, 3.05) is 11.9 Å². The highest BCUT2D eigenvalue weighted by Crippen LogP contribution is 2.37. The number of carbonyl (C=O) groups is 1. The van der Waals surface area contributed by atoms with Crippen molar-refractivity contribution in [3.8, 4) is 5.75 Å². The van der Waals surface area contributed by atoms with E-state index >= 15 is 0 Å². The van der Waals surface area contributed by atoms with Gasteiger partial charge in [0.15, 0.2) is 5.75 Å². The number of hydrogen-bond donors (Lipinski definition) is 2. The van der Waals surface area contributed by atoms with Crippen LogP contribution in [0.3, 0.4) is 0 Å². The van der Waals surface area contributed by atoms with E-state index in [4.69, 9.17) is 11.6 Å². The van der Waals surface area contributed by atoms with Gasteiger partial charge in [0, 0.05) is 5.02 Å². The minimum atomic E-state index is -3.01. The zero-order valence-corrected chi connectivity index (χ0v) is 14.1. The number of nitrogens with one attached hydrogen (secondary N) is 2. The summed E-state index contributed by atoms with van der Waals surface area (Å²) in [6.45, 7) is 2.79. The molecule has 1 amide bonds. The highest BCUT2D eigenvalue weighted by molar-refractivity contribution is 9.10. The SMILES string of the molecule is CCNC(C)(C)C(=O)Nc1cc(Cl)cc(Br)c1OC(F)F. The number of ether oxygens (including phenoxy) is 1. The summed E-state index contributed by atoms with van der Waals surface area (Å²) < 4.78 is 29.6. The van der Waals surface area contributed by atoms with Gasteiger partial charge in [-0.2, -0.15) is 8.78 Å². The summed E-state index contributed by atoms with van der Waals surface area (Å²) in [4.78, 5) is 12.2. The van der Waals surface area contributed by atoms with Crippen molar-refractivity contribution in [3.05, 3.63) is 21.6 Å². The molecule has 1 rings (SSSR count). The Hall–Kier alpha value is -0.920. The number of alkyl halides is 2. The number of anilines is 1. The molecule has 0 radical (unpaired) electrons. The number of carbonyl (C=O) groups excluding carboxylic acids is 1. The van der Waals surface area contributed by atoms with E-state index in [1.807, 2.05) is 6.92 Å². The Labute approximate surface area is 135 Å². The maximum Gasteiger partial charge on any atom is 0.387 e. The van der Waals surface area contributed by atoms with E-state index in [-0.39, 0.29) is 20.9 Å². The Bertz CT molecular complexity index is 527. The number of rotatable bonds is 6. The van der Waals surface area contributed by atoms with Crippen LogP contribution in [0.4, 0.5) is 14.5 Å². The lowest BCUT2D eigenvalue weighted by atomic mass is 10.0. The lowest BCUT2D eigenvalue weighted by molar-refractivity contribution is -0.121. The largest absolute Gasteiger partial charge is 0.431 e. The van der Waals surface area contributed by atoms with E-state index in [0.29, 0.717) is 6.54 Å². The van der Waals surface area contributed by atoms with Crippen molar-refractivity contribution >= 4 is 39.1 Å². The number of likely N-dealkylation sites (N-methyl/N-ethyl adjacent to an activating group) is 1. The summed E-state index contributed by atoms with van der Waals surface area (Å²) >= 11 is 8.97. The minimum Gasteiger partial charge on any atom is -0.431 e. The van der Waals surface area contributed by atoms with Gasteiger partial charge in [-0.3, -0.25) is 4.79 Å². The van der Waals surface area contributed by atoms with Crippen LogP contribution >= 0.6 is 27.5 Å². The molecule has 0 fully saturated rings. The van der Waals surface area contributed by atoms with Crippen molar-refractivity contribution in [2.24, 2.45) is 0 Å². The van der Waals surface area contributed by atoms with Gasteiger partial charge in [-0.1, -0.05) is 18.5 Å². The molecule has 0 saturated carbocycles. The molecule has 21 heavy (non-hydrogen) atoms. The average Bonchev–Trinajstić information content (AvgIpc) is 2.33. The van der Waals surface area contributed by atoms with Crippen molar-refractivity contribution in [1.82, 2.24) is 5.32 Å². The van der Waals surface area contributed by atoms with E-state index in [1.54, 1.807) is 13.8 Å².